The Hall–Kier alpha value is -1.68. The Kier molecular flexibility index (Phi) is 4.00. The molecule has 2 atom stereocenters. The summed E-state index contributed by atoms with van der Waals surface area (Å²) in [4.78, 5) is 24.1. The van der Waals surface area contributed by atoms with Gasteiger partial charge in [0.05, 0.1) is 13.0 Å². The molecule has 0 spiro atoms. The summed E-state index contributed by atoms with van der Waals surface area (Å²) in [5, 5.41) is 10.9. The summed E-state index contributed by atoms with van der Waals surface area (Å²) in [6, 6.07) is 8.56. The molecule has 0 amide bonds. The SMILES string of the molecule is COC(=O)[C@@](O)(c1ccccc1)C1CCCCC1=O. The van der Waals surface area contributed by atoms with Crippen LogP contribution >= 0.6 is 0 Å². The summed E-state index contributed by atoms with van der Waals surface area (Å²) in [6.45, 7) is 0. The third kappa shape index (κ3) is 2.40. The van der Waals surface area contributed by atoms with Gasteiger partial charge in [-0.05, 0) is 18.4 Å². The second kappa shape index (κ2) is 5.53. The number of methoxy groups -OCH3 is 1. The van der Waals surface area contributed by atoms with E-state index in [2.05, 4.69) is 0 Å². The largest absolute Gasteiger partial charge is 0.467 e. The van der Waals surface area contributed by atoms with Crippen LogP contribution in [0.4, 0.5) is 0 Å². The lowest BCUT2D eigenvalue weighted by atomic mass is 9.72. The number of carbonyl (C=O) groups is 2. The van der Waals surface area contributed by atoms with Gasteiger partial charge >= 0.3 is 5.97 Å². The van der Waals surface area contributed by atoms with Crippen LogP contribution in [0.5, 0.6) is 0 Å². The van der Waals surface area contributed by atoms with E-state index in [1.165, 1.54) is 7.11 Å². The van der Waals surface area contributed by atoms with E-state index in [0.717, 1.165) is 12.8 Å². The highest BCUT2D eigenvalue weighted by Gasteiger charge is 2.50. The van der Waals surface area contributed by atoms with Crippen LogP contribution in [0.15, 0.2) is 30.3 Å². The minimum absolute atomic E-state index is 0.0667. The zero-order chi connectivity index (χ0) is 13.9. The lowest BCUT2D eigenvalue weighted by Crippen LogP contribution is -2.48. The van der Waals surface area contributed by atoms with Crippen molar-refractivity contribution in [2.45, 2.75) is 31.3 Å². The maximum Gasteiger partial charge on any atom is 0.343 e. The number of Topliss-reactive ketones (excluding diaryl/α,β-unsaturated/α-hetero) is 1. The van der Waals surface area contributed by atoms with Gasteiger partial charge < -0.3 is 9.84 Å². The second-order valence-electron chi connectivity index (χ2n) is 4.89. The molecule has 102 valence electrons. The number of benzene rings is 1. The minimum atomic E-state index is -1.87. The van der Waals surface area contributed by atoms with E-state index in [1.54, 1.807) is 30.3 Å². The zero-order valence-electron chi connectivity index (χ0n) is 11.0. The van der Waals surface area contributed by atoms with Crippen molar-refractivity contribution in [1.29, 1.82) is 0 Å². The molecule has 0 heterocycles. The molecule has 0 aromatic heterocycles. The van der Waals surface area contributed by atoms with Gasteiger partial charge in [0, 0.05) is 6.42 Å². The van der Waals surface area contributed by atoms with Gasteiger partial charge in [-0.3, -0.25) is 4.79 Å². The van der Waals surface area contributed by atoms with Crippen molar-refractivity contribution in [3.8, 4) is 0 Å². The molecule has 0 saturated heterocycles. The molecule has 0 radical (unpaired) electrons. The second-order valence-corrected chi connectivity index (χ2v) is 4.89. The fraction of sp³-hybridized carbons (Fsp3) is 0.467. The number of rotatable bonds is 3. The molecule has 1 aromatic rings. The Bertz CT molecular complexity index is 468. The summed E-state index contributed by atoms with van der Waals surface area (Å²) in [6.07, 6.45) is 2.58. The third-order valence-corrected chi connectivity index (χ3v) is 3.77. The highest BCUT2D eigenvalue weighted by Crippen LogP contribution is 2.38. The first-order valence-corrected chi connectivity index (χ1v) is 6.49. The summed E-state index contributed by atoms with van der Waals surface area (Å²) in [7, 11) is 1.23. The molecular weight excluding hydrogens is 244 g/mol. The first-order valence-electron chi connectivity index (χ1n) is 6.49. The standard InChI is InChI=1S/C15H18O4/c1-19-14(17)15(18,11-7-3-2-4-8-11)12-9-5-6-10-13(12)16/h2-4,7-8,12,18H,5-6,9-10H2,1H3/t12?,15-/m1/s1. The molecular formula is C15H18O4. The first-order chi connectivity index (χ1) is 9.10. The number of ketones is 1. The van der Waals surface area contributed by atoms with Crippen molar-refractivity contribution in [1.82, 2.24) is 0 Å². The lowest BCUT2D eigenvalue weighted by Gasteiger charge is -2.35. The highest BCUT2D eigenvalue weighted by molar-refractivity contribution is 5.92. The number of carbonyl (C=O) groups excluding carboxylic acids is 2. The van der Waals surface area contributed by atoms with Gasteiger partial charge in [0.25, 0.3) is 0 Å². The molecule has 19 heavy (non-hydrogen) atoms. The molecule has 1 fully saturated rings. The molecule has 0 bridgehead atoms. The summed E-state index contributed by atoms with van der Waals surface area (Å²) >= 11 is 0. The predicted molar refractivity (Wildman–Crippen MR) is 69.3 cm³/mol. The van der Waals surface area contributed by atoms with Crippen molar-refractivity contribution in [2.75, 3.05) is 7.11 Å². The molecule has 2 rings (SSSR count). The van der Waals surface area contributed by atoms with Crippen LogP contribution < -0.4 is 0 Å². The topological polar surface area (TPSA) is 63.6 Å². The summed E-state index contributed by atoms with van der Waals surface area (Å²) in [5.41, 5.74) is -1.45. The fourth-order valence-electron chi connectivity index (χ4n) is 2.73. The van der Waals surface area contributed by atoms with Crippen LogP contribution in [-0.2, 0) is 19.9 Å². The molecule has 1 aliphatic rings. The van der Waals surface area contributed by atoms with Crippen molar-refractivity contribution in [2.24, 2.45) is 5.92 Å². The van der Waals surface area contributed by atoms with Crippen molar-refractivity contribution >= 4 is 11.8 Å². The van der Waals surface area contributed by atoms with Crippen LogP contribution in [0, 0.1) is 5.92 Å². The van der Waals surface area contributed by atoms with Gasteiger partial charge in [0.1, 0.15) is 5.78 Å². The zero-order valence-corrected chi connectivity index (χ0v) is 11.0. The van der Waals surface area contributed by atoms with E-state index in [0.29, 0.717) is 18.4 Å². The maximum absolute atomic E-state index is 12.1. The Morgan fingerprint density at radius 2 is 2.00 bits per heavy atom. The number of esters is 1. The van der Waals surface area contributed by atoms with E-state index in [9.17, 15) is 14.7 Å². The first kappa shape index (κ1) is 13.7. The molecule has 1 aliphatic carbocycles. The maximum atomic E-state index is 12.1. The number of hydrogen-bond acceptors (Lipinski definition) is 4. The molecule has 1 N–H and O–H groups in total. The number of hydrogen-bond donors (Lipinski definition) is 1. The fourth-order valence-corrected chi connectivity index (χ4v) is 2.73. The molecule has 1 unspecified atom stereocenters. The van der Waals surface area contributed by atoms with Crippen LogP contribution in [0.2, 0.25) is 0 Å². The van der Waals surface area contributed by atoms with Gasteiger partial charge in [0.15, 0.2) is 5.60 Å². The molecule has 1 saturated carbocycles. The average molecular weight is 262 g/mol. The van der Waals surface area contributed by atoms with E-state index in [4.69, 9.17) is 4.74 Å². The lowest BCUT2D eigenvalue weighted by molar-refractivity contribution is -0.175. The van der Waals surface area contributed by atoms with E-state index < -0.39 is 17.5 Å². The van der Waals surface area contributed by atoms with Gasteiger partial charge in [-0.2, -0.15) is 0 Å². The van der Waals surface area contributed by atoms with Gasteiger partial charge in [-0.15, -0.1) is 0 Å². The van der Waals surface area contributed by atoms with Crippen LogP contribution in [-0.4, -0.2) is 24.0 Å². The summed E-state index contributed by atoms with van der Waals surface area (Å²) < 4.78 is 4.73. The Balaban J connectivity index is 2.45. The molecule has 4 heteroatoms. The number of ether oxygens (including phenoxy) is 1. The average Bonchev–Trinajstić information content (AvgIpc) is 2.47. The quantitative estimate of drug-likeness (QED) is 0.844. The van der Waals surface area contributed by atoms with Crippen LogP contribution in [0.25, 0.3) is 0 Å². The smallest absolute Gasteiger partial charge is 0.343 e. The normalized spacial score (nSPS) is 22.6. The van der Waals surface area contributed by atoms with Crippen LogP contribution in [0.1, 0.15) is 31.2 Å². The molecule has 1 aromatic carbocycles. The van der Waals surface area contributed by atoms with E-state index in [-0.39, 0.29) is 5.78 Å². The van der Waals surface area contributed by atoms with Crippen molar-refractivity contribution in [3.05, 3.63) is 35.9 Å². The van der Waals surface area contributed by atoms with Gasteiger partial charge in [-0.25, -0.2) is 4.79 Å². The minimum Gasteiger partial charge on any atom is -0.467 e. The predicted octanol–water partition coefficient (Wildman–Crippen LogP) is 1.81. The highest BCUT2D eigenvalue weighted by atomic mass is 16.5. The summed E-state index contributed by atoms with van der Waals surface area (Å²) in [5.74, 6) is -1.54. The third-order valence-electron chi connectivity index (χ3n) is 3.77. The van der Waals surface area contributed by atoms with E-state index in [1.807, 2.05) is 0 Å². The Morgan fingerprint density at radius 3 is 2.58 bits per heavy atom. The van der Waals surface area contributed by atoms with Gasteiger partial charge in [0.2, 0.25) is 0 Å². The van der Waals surface area contributed by atoms with Crippen molar-refractivity contribution < 1.29 is 19.4 Å². The molecule has 0 aliphatic heterocycles. The van der Waals surface area contributed by atoms with Crippen molar-refractivity contribution in [3.63, 3.8) is 0 Å². The monoisotopic (exact) mass is 262 g/mol. The Morgan fingerprint density at radius 1 is 1.32 bits per heavy atom. The van der Waals surface area contributed by atoms with Gasteiger partial charge in [-0.1, -0.05) is 36.8 Å². The molecule has 4 nitrogen and oxygen atoms in total. The van der Waals surface area contributed by atoms with Crippen LogP contribution in [0.3, 0.4) is 0 Å². The van der Waals surface area contributed by atoms with E-state index >= 15 is 0 Å². The Labute approximate surface area is 112 Å². The number of aliphatic hydroxyl groups is 1.